The van der Waals surface area contributed by atoms with Crippen LogP contribution >= 0.6 is 0 Å². The molecule has 0 aliphatic rings. The van der Waals surface area contributed by atoms with E-state index >= 15 is 0 Å². The van der Waals surface area contributed by atoms with Crippen LogP contribution in [0.5, 0.6) is 5.88 Å². The maximum absolute atomic E-state index is 5.58. The molecule has 2 nitrogen and oxygen atoms in total. The van der Waals surface area contributed by atoms with Gasteiger partial charge in [0.2, 0.25) is 5.88 Å². The van der Waals surface area contributed by atoms with Crippen molar-refractivity contribution in [2.75, 3.05) is 6.61 Å². The van der Waals surface area contributed by atoms with Crippen LogP contribution in [-0.4, -0.2) is 11.6 Å². The normalized spacial score (nSPS) is 12.6. The molecule has 0 N–H and O–H groups in total. The average Bonchev–Trinajstić information content (AvgIpc) is 2.19. The Labute approximate surface area is 86.3 Å². The van der Waals surface area contributed by atoms with E-state index in [9.17, 15) is 0 Å². The van der Waals surface area contributed by atoms with Crippen molar-refractivity contribution in [2.24, 2.45) is 5.92 Å². The molecular weight excluding hydrogens is 174 g/mol. The molecule has 0 saturated carbocycles. The topological polar surface area (TPSA) is 22.1 Å². The van der Waals surface area contributed by atoms with Gasteiger partial charge in [-0.05, 0) is 30.9 Å². The van der Waals surface area contributed by atoms with Gasteiger partial charge in [-0.1, -0.05) is 20.3 Å². The molecule has 0 fully saturated rings. The van der Waals surface area contributed by atoms with Gasteiger partial charge in [0.05, 0.1) is 6.61 Å². The molecule has 1 aromatic rings. The zero-order valence-electron chi connectivity index (χ0n) is 9.50. The summed E-state index contributed by atoms with van der Waals surface area (Å²) in [6.07, 6.45) is 3.01. The molecule has 2 heteroatoms. The van der Waals surface area contributed by atoms with Crippen molar-refractivity contribution in [3.63, 3.8) is 0 Å². The number of hydrogen-bond acceptors (Lipinski definition) is 2. The highest BCUT2D eigenvalue weighted by molar-refractivity contribution is 5.26. The Hall–Kier alpha value is -1.05. The van der Waals surface area contributed by atoms with Crippen LogP contribution in [0.4, 0.5) is 0 Å². The molecule has 1 unspecified atom stereocenters. The first kappa shape index (κ1) is 11.0. The third kappa shape index (κ3) is 3.02. The monoisotopic (exact) mass is 193 g/mol. The second-order valence-corrected chi connectivity index (χ2v) is 3.93. The molecule has 78 valence electrons. The molecule has 0 radical (unpaired) electrons. The Morgan fingerprint density at radius 3 is 2.64 bits per heavy atom. The lowest BCUT2D eigenvalue weighted by Gasteiger charge is -2.10. The molecule has 0 aliphatic heterocycles. The third-order valence-electron chi connectivity index (χ3n) is 2.56. The minimum atomic E-state index is 0.596. The SMILES string of the molecule is CCC(C)COc1cc(C)c(C)cn1. The summed E-state index contributed by atoms with van der Waals surface area (Å²) in [7, 11) is 0. The van der Waals surface area contributed by atoms with Gasteiger partial charge >= 0.3 is 0 Å². The first-order valence-corrected chi connectivity index (χ1v) is 5.19. The van der Waals surface area contributed by atoms with E-state index in [0.29, 0.717) is 5.92 Å². The highest BCUT2D eigenvalue weighted by atomic mass is 16.5. The molecule has 0 bridgehead atoms. The Kier molecular flexibility index (Phi) is 3.93. The lowest BCUT2D eigenvalue weighted by Crippen LogP contribution is -2.08. The number of aryl methyl sites for hydroxylation is 2. The first-order chi connectivity index (χ1) is 6.63. The van der Waals surface area contributed by atoms with E-state index in [1.807, 2.05) is 12.3 Å². The summed E-state index contributed by atoms with van der Waals surface area (Å²) in [6, 6.07) is 2.00. The summed E-state index contributed by atoms with van der Waals surface area (Å²) in [4.78, 5) is 4.22. The molecule has 1 aromatic heterocycles. The van der Waals surface area contributed by atoms with Crippen molar-refractivity contribution in [1.29, 1.82) is 0 Å². The lowest BCUT2D eigenvalue weighted by molar-refractivity contribution is 0.247. The van der Waals surface area contributed by atoms with Crippen LogP contribution in [0.25, 0.3) is 0 Å². The maximum Gasteiger partial charge on any atom is 0.213 e. The molecule has 1 atom stereocenters. The second-order valence-electron chi connectivity index (χ2n) is 3.93. The smallest absolute Gasteiger partial charge is 0.213 e. The number of rotatable bonds is 4. The van der Waals surface area contributed by atoms with Gasteiger partial charge in [-0.2, -0.15) is 0 Å². The van der Waals surface area contributed by atoms with Gasteiger partial charge in [0.1, 0.15) is 0 Å². The van der Waals surface area contributed by atoms with Gasteiger partial charge < -0.3 is 4.74 Å². The highest BCUT2D eigenvalue weighted by Gasteiger charge is 2.02. The number of hydrogen-bond donors (Lipinski definition) is 0. The molecule has 14 heavy (non-hydrogen) atoms. The van der Waals surface area contributed by atoms with Crippen molar-refractivity contribution in [1.82, 2.24) is 4.98 Å². The molecule has 0 amide bonds. The number of pyridine rings is 1. The molecule has 1 rings (SSSR count). The summed E-state index contributed by atoms with van der Waals surface area (Å²) in [5.74, 6) is 1.34. The molecule has 0 spiro atoms. The lowest BCUT2D eigenvalue weighted by atomic mass is 10.1. The summed E-state index contributed by atoms with van der Waals surface area (Å²) < 4.78 is 5.58. The highest BCUT2D eigenvalue weighted by Crippen LogP contribution is 2.13. The summed E-state index contributed by atoms with van der Waals surface area (Å²) in [6.45, 7) is 9.24. The van der Waals surface area contributed by atoms with Crippen molar-refractivity contribution < 1.29 is 4.74 Å². The van der Waals surface area contributed by atoms with Gasteiger partial charge in [0, 0.05) is 12.3 Å². The minimum absolute atomic E-state index is 0.596. The zero-order valence-corrected chi connectivity index (χ0v) is 9.50. The predicted molar refractivity (Wildman–Crippen MR) is 58.7 cm³/mol. The minimum Gasteiger partial charge on any atom is -0.477 e. The molecule has 1 heterocycles. The first-order valence-electron chi connectivity index (χ1n) is 5.19. The van der Waals surface area contributed by atoms with Gasteiger partial charge in [-0.15, -0.1) is 0 Å². The van der Waals surface area contributed by atoms with Crippen LogP contribution < -0.4 is 4.74 Å². The molecular formula is C12H19NO. The number of ether oxygens (including phenoxy) is 1. The number of aromatic nitrogens is 1. The molecule has 0 saturated heterocycles. The second kappa shape index (κ2) is 4.99. The van der Waals surface area contributed by atoms with Crippen LogP contribution in [0.15, 0.2) is 12.3 Å². The Morgan fingerprint density at radius 1 is 1.36 bits per heavy atom. The van der Waals surface area contributed by atoms with E-state index in [4.69, 9.17) is 4.74 Å². The van der Waals surface area contributed by atoms with Gasteiger partial charge in [0.15, 0.2) is 0 Å². The van der Waals surface area contributed by atoms with Gasteiger partial charge in [0.25, 0.3) is 0 Å². The van der Waals surface area contributed by atoms with Crippen LogP contribution in [0.2, 0.25) is 0 Å². The van der Waals surface area contributed by atoms with E-state index in [0.717, 1.165) is 18.9 Å². The summed E-state index contributed by atoms with van der Waals surface area (Å²) >= 11 is 0. The fourth-order valence-electron chi connectivity index (χ4n) is 1.02. The van der Waals surface area contributed by atoms with Crippen molar-refractivity contribution in [2.45, 2.75) is 34.1 Å². The summed E-state index contributed by atoms with van der Waals surface area (Å²) in [5, 5.41) is 0. The van der Waals surface area contributed by atoms with E-state index in [-0.39, 0.29) is 0 Å². The fourth-order valence-corrected chi connectivity index (χ4v) is 1.02. The maximum atomic E-state index is 5.58. The van der Waals surface area contributed by atoms with Gasteiger partial charge in [-0.3, -0.25) is 0 Å². The predicted octanol–water partition coefficient (Wildman–Crippen LogP) is 3.12. The Balaban J connectivity index is 2.55. The van der Waals surface area contributed by atoms with Crippen molar-refractivity contribution >= 4 is 0 Å². The van der Waals surface area contributed by atoms with Gasteiger partial charge in [-0.25, -0.2) is 4.98 Å². The Morgan fingerprint density at radius 2 is 2.07 bits per heavy atom. The van der Waals surface area contributed by atoms with Crippen LogP contribution in [0.3, 0.4) is 0 Å². The van der Waals surface area contributed by atoms with Crippen molar-refractivity contribution in [3.05, 3.63) is 23.4 Å². The molecule has 0 aliphatic carbocycles. The fraction of sp³-hybridized carbons (Fsp3) is 0.583. The molecule has 0 aromatic carbocycles. The quantitative estimate of drug-likeness (QED) is 0.733. The largest absolute Gasteiger partial charge is 0.477 e. The average molecular weight is 193 g/mol. The van der Waals surface area contributed by atoms with E-state index < -0.39 is 0 Å². The number of nitrogens with zero attached hydrogens (tertiary/aromatic N) is 1. The summed E-state index contributed by atoms with van der Waals surface area (Å²) in [5.41, 5.74) is 2.44. The van der Waals surface area contributed by atoms with Crippen molar-refractivity contribution in [3.8, 4) is 5.88 Å². The van der Waals surface area contributed by atoms with E-state index in [2.05, 4.69) is 32.7 Å². The van der Waals surface area contributed by atoms with E-state index in [1.54, 1.807) is 0 Å². The standard InChI is InChI=1S/C12H19NO/c1-5-9(2)8-14-12-6-10(3)11(4)7-13-12/h6-7,9H,5,8H2,1-4H3. The van der Waals surface area contributed by atoms with E-state index in [1.165, 1.54) is 11.1 Å². The van der Waals surface area contributed by atoms with Crippen LogP contribution in [0, 0.1) is 19.8 Å². The zero-order chi connectivity index (χ0) is 10.6. The van der Waals surface area contributed by atoms with Crippen LogP contribution in [-0.2, 0) is 0 Å². The third-order valence-corrected chi connectivity index (χ3v) is 2.56. The van der Waals surface area contributed by atoms with Crippen LogP contribution in [0.1, 0.15) is 31.4 Å². The Bertz CT molecular complexity index is 296.